The topological polar surface area (TPSA) is 63.6 Å². The van der Waals surface area contributed by atoms with Gasteiger partial charge in [-0.1, -0.05) is 32.6 Å². The van der Waals surface area contributed by atoms with Crippen molar-refractivity contribution in [2.45, 2.75) is 91.1 Å². The van der Waals surface area contributed by atoms with Crippen molar-refractivity contribution in [3.05, 3.63) is 0 Å². The van der Waals surface area contributed by atoms with Crippen molar-refractivity contribution in [1.29, 1.82) is 0 Å². The van der Waals surface area contributed by atoms with Crippen LogP contribution in [-0.2, 0) is 14.3 Å². The van der Waals surface area contributed by atoms with Crippen molar-refractivity contribution in [2.75, 3.05) is 6.61 Å². The Hall–Kier alpha value is -1.34. The first-order valence-corrected chi connectivity index (χ1v) is 12.1. The smallest absolute Gasteiger partial charge is 0.306 e. The molecule has 4 rings (SSSR count). The maximum atomic E-state index is 12.6. The molecule has 4 heteroatoms. The van der Waals surface area contributed by atoms with Crippen LogP contribution < -0.4 is 0 Å². The number of ether oxygens (including phenoxy) is 1. The van der Waals surface area contributed by atoms with Gasteiger partial charge >= 0.3 is 5.97 Å². The van der Waals surface area contributed by atoms with Crippen molar-refractivity contribution in [3.63, 3.8) is 0 Å². The third-order valence-corrected chi connectivity index (χ3v) is 9.81. The molecule has 0 aromatic rings. The number of aliphatic hydroxyl groups is 1. The summed E-state index contributed by atoms with van der Waals surface area (Å²) in [6, 6.07) is 0. The van der Waals surface area contributed by atoms with Crippen molar-refractivity contribution >= 4 is 11.8 Å². The summed E-state index contributed by atoms with van der Waals surface area (Å²) in [7, 11) is 0. The lowest BCUT2D eigenvalue weighted by atomic mass is 9.42. The van der Waals surface area contributed by atoms with Gasteiger partial charge in [0.05, 0.1) is 6.10 Å². The number of aliphatic hydroxyl groups excluding tert-OH is 1. The van der Waals surface area contributed by atoms with E-state index in [1.807, 2.05) is 0 Å². The van der Waals surface area contributed by atoms with E-state index >= 15 is 0 Å². The summed E-state index contributed by atoms with van der Waals surface area (Å²) in [5.74, 6) is 9.15. The van der Waals surface area contributed by atoms with Crippen LogP contribution in [0.15, 0.2) is 0 Å². The van der Waals surface area contributed by atoms with E-state index in [4.69, 9.17) is 4.74 Å². The Bertz CT molecular complexity index is 748. The van der Waals surface area contributed by atoms with Gasteiger partial charge in [-0.3, -0.25) is 9.59 Å². The normalized spacial score (nSPS) is 44.9. The Balaban J connectivity index is 1.53. The molecule has 4 aliphatic carbocycles. The number of Topliss-reactive ketones (excluding diaryl/α,β-unsaturated/α-hetero) is 1. The van der Waals surface area contributed by atoms with Gasteiger partial charge in [-0.05, 0) is 78.9 Å². The second kappa shape index (κ2) is 8.30. The number of carbonyl (C=O) groups is 2. The summed E-state index contributed by atoms with van der Waals surface area (Å²) in [4.78, 5) is 23.9. The molecule has 4 fully saturated rings. The Labute approximate surface area is 181 Å². The lowest BCUT2D eigenvalue weighted by Crippen LogP contribution is -2.57. The van der Waals surface area contributed by atoms with Crippen molar-refractivity contribution in [2.24, 2.45) is 40.4 Å². The fourth-order valence-corrected chi connectivity index (χ4v) is 8.01. The van der Waals surface area contributed by atoms with E-state index < -0.39 is 0 Å². The molecular weight excluding hydrogens is 376 g/mol. The Morgan fingerprint density at radius 2 is 1.90 bits per heavy atom. The van der Waals surface area contributed by atoms with Crippen LogP contribution in [0.25, 0.3) is 0 Å². The molecule has 0 bridgehead atoms. The Morgan fingerprint density at radius 1 is 1.10 bits per heavy atom. The van der Waals surface area contributed by atoms with E-state index in [0.29, 0.717) is 48.2 Å². The standard InChI is InChI=1S/C26H38O4/c1-4-24(29)30-14-6-5-7-17-15-19(27)16-18-8-9-20-21-10-11-23(28)25(21,2)13-12-22(20)26(17,18)3/h17-18,20-23,28H,4,7-16H2,1-3H3/t17-,18-,20-,21-,22-,23-,25-,26-/m0/s1. The second-order valence-electron chi connectivity index (χ2n) is 10.9. The van der Waals surface area contributed by atoms with Gasteiger partial charge in [0, 0.05) is 25.7 Å². The molecule has 4 saturated carbocycles. The van der Waals surface area contributed by atoms with Crippen molar-refractivity contribution < 1.29 is 19.4 Å². The molecule has 0 aliphatic heterocycles. The van der Waals surface area contributed by atoms with Crippen LogP contribution in [0, 0.1) is 52.3 Å². The summed E-state index contributed by atoms with van der Waals surface area (Å²) >= 11 is 0. The number of carbonyl (C=O) groups excluding carboxylic acids is 2. The van der Waals surface area contributed by atoms with Crippen LogP contribution in [0.2, 0.25) is 0 Å². The maximum Gasteiger partial charge on any atom is 0.306 e. The molecule has 0 aromatic carbocycles. The molecule has 0 amide bonds. The minimum atomic E-state index is -0.219. The van der Waals surface area contributed by atoms with Crippen molar-refractivity contribution in [1.82, 2.24) is 0 Å². The van der Waals surface area contributed by atoms with Crippen LogP contribution in [0.4, 0.5) is 0 Å². The van der Waals surface area contributed by atoms with Crippen LogP contribution in [-0.4, -0.2) is 29.6 Å². The average molecular weight is 415 g/mol. The molecule has 166 valence electrons. The number of ketones is 1. The molecule has 0 saturated heterocycles. The quantitative estimate of drug-likeness (QED) is 0.544. The molecule has 0 unspecified atom stereocenters. The van der Waals surface area contributed by atoms with Gasteiger partial charge in [-0.25, -0.2) is 0 Å². The second-order valence-corrected chi connectivity index (χ2v) is 10.9. The largest absolute Gasteiger partial charge is 0.452 e. The van der Waals surface area contributed by atoms with Gasteiger partial charge in [-0.15, -0.1) is 0 Å². The minimum absolute atomic E-state index is 0.0906. The number of esters is 1. The molecule has 0 aromatic heterocycles. The van der Waals surface area contributed by atoms with Gasteiger partial charge in [0.1, 0.15) is 5.78 Å². The number of rotatable bonds is 3. The summed E-state index contributed by atoms with van der Waals surface area (Å²) < 4.78 is 5.08. The first kappa shape index (κ1) is 21.9. The number of fused-ring (bicyclic) bond motifs is 5. The third-order valence-electron chi connectivity index (χ3n) is 9.81. The van der Waals surface area contributed by atoms with Gasteiger partial charge in [-0.2, -0.15) is 0 Å². The zero-order valence-electron chi connectivity index (χ0n) is 18.9. The highest BCUT2D eigenvalue weighted by Gasteiger charge is 2.62. The zero-order valence-corrected chi connectivity index (χ0v) is 18.9. The van der Waals surface area contributed by atoms with Crippen molar-refractivity contribution in [3.8, 4) is 11.8 Å². The Morgan fingerprint density at radius 3 is 2.67 bits per heavy atom. The lowest BCUT2D eigenvalue weighted by Gasteiger charge is -2.62. The van der Waals surface area contributed by atoms with E-state index in [9.17, 15) is 14.7 Å². The lowest BCUT2D eigenvalue weighted by molar-refractivity contribution is -0.156. The molecule has 8 atom stereocenters. The van der Waals surface area contributed by atoms with Gasteiger partial charge in [0.2, 0.25) is 0 Å². The van der Waals surface area contributed by atoms with Crippen LogP contribution in [0.1, 0.15) is 85.0 Å². The minimum Gasteiger partial charge on any atom is -0.452 e. The zero-order chi connectivity index (χ0) is 21.5. The summed E-state index contributed by atoms with van der Waals surface area (Å²) in [6.45, 7) is 6.71. The van der Waals surface area contributed by atoms with Gasteiger partial charge < -0.3 is 9.84 Å². The van der Waals surface area contributed by atoms with Crippen LogP contribution in [0.5, 0.6) is 0 Å². The van der Waals surface area contributed by atoms with E-state index in [1.165, 1.54) is 12.8 Å². The van der Waals surface area contributed by atoms with E-state index in [2.05, 4.69) is 25.7 Å². The third kappa shape index (κ3) is 3.52. The molecule has 4 aliphatic rings. The number of hydrogen-bond acceptors (Lipinski definition) is 4. The Kier molecular flexibility index (Phi) is 6.05. The fourth-order valence-electron chi connectivity index (χ4n) is 8.01. The molecule has 0 spiro atoms. The van der Waals surface area contributed by atoms with Crippen LogP contribution in [0.3, 0.4) is 0 Å². The molecule has 30 heavy (non-hydrogen) atoms. The summed E-state index contributed by atoms with van der Waals surface area (Å²) in [6.07, 6.45) is 9.09. The van der Waals surface area contributed by atoms with Gasteiger partial charge in [0.15, 0.2) is 6.61 Å². The fraction of sp³-hybridized carbons (Fsp3) is 0.846. The number of hydrogen-bond donors (Lipinski definition) is 1. The van der Waals surface area contributed by atoms with E-state index in [0.717, 1.165) is 38.5 Å². The highest BCUT2D eigenvalue weighted by molar-refractivity contribution is 5.80. The van der Waals surface area contributed by atoms with Crippen LogP contribution >= 0.6 is 0 Å². The maximum absolute atomic E-state index is 12.6. The molecule has 0 heterocycles. The molecule has 4 nitrogen and oxygen atoms in total. The summed E-state index contributed by atoms with van der Waals surface area (Å²) in [5.41, 5.74) is 0.244. The predicted molar refractivity (Wildman–Crippen MR) is 115 cm³/mol. The van der Waals surface area contributed by atoms with E-state index in [1.54, 1.807) is 6.92 Å². The van der Waals surface area contributed by atoms with Gasteiger partial charge in [0.25, 0.3) is 0 Å². The predicted octanol–water partition coefficient (Wildman–Crippen LogP) is 4.53. The first-order valence-electron chi connectivity index (χ1n) is 12.1. The first-order chi connectivity index (χ1) is 14.3. The highest BCUT2D eigenvalue weighted by atomic mass is 16.5. The van der Waals surface area contributed by atoms with E-state index in [-0.39, 0.29) is 29.5 Å². The SMILES string of the molecule is CCC(=O)OCC#CC[C@H]1CC(=O)C[C@@H]2CC[C@H]3[C@@H]4CC[C@H](O)[C@@]4(C)CC[C@@H]3[C@@]12C. The molecule has 0 radical (unpaired) electrons. The highest BCUT2D eigenvalue weighted by Crippen LogP contribution is 2.67. The summed E-state index contributed by atoms with van der Waals surface area (Å²) in [5, 5.41) is 10.7. The molecule has 1 N–H and O–H groups in total. The monoisotopic (exact) mass is 414 g/mol. The average Bonchev–Trinajstić information content (AvgIpc) is 3.03. The molecular formula is C26H38O4.